The maximum absolute atomic E-state index is 11.9. The van der Waals surface area contributed by atoms with E-state index in [1.165, 1.54) is 12.2 Å². The Morgan fingerprint density at radius 2 is 1.25 bits per heavy atom. The lowest BCUT2D eigenvalue weighted by molar-refractivity contribution is 0.104. The fourth-order valence-corrected chi connectivity index (χ4v) is 1.45. The molecular formula is C16H20N2O2. The predicted octanol–water partition coefficient (Wildman–Crippen LogP) is 2.20. The summed E-state index contributed by atoms with van der Waals surface area (Å²) in [5.74, 6) is -0.241. The van der Waals surface area contributed by atoms with Crippen molar-refractivity contribution >= 4 is 11.6 Å². The van der Waals surface area contributed by atoms with Crippen LogP contribution < -0.4 is 0 Å². The zero-order valence-corrected chi connectivity index (χ0v) is 12.3. The van der Waals surface area contributed by atoms with Crippen LogP contribution in [0.15, 0.2) is 48.8 Å². The zero-order valence-electron chi connectivity index (χ0n) is 12.3. The van der Waals surface area contributed by atoms with Gasteiger partial charge in [0, 0.05) is 63.9 Å². The Hall–Kier alpha value is -2.36. The molecule has 0 fully saturated rings. The summed E-state index contributed by atoms with van der Waals surface area (Å²) in [5, 5.41) is 0. The fourth-order valence-electron chi connectivity index (χ4n) is 1.45. The van der Waals surface area contributed by atoms with Crippen molar-refractivity contribution in [2.24, 2.45) is 0 Å². The Morgan fingerprint density at radius 3 is 1.60 bits per heavy atom. The highest BCUT2D eigenvalue weighted by molar-refractivity contribution is 6.09. The first-order valence-corrected chi connectivity index (χ1v) is 6.28. The van der Waals surface area contributed by atoms with E-state index < -0.39 is 0 Å². The van der Waals surface area contributed by atoms with Crippen LogP contribution >= 0.6 is 0 Å². The molecule has 0 aliphatic carbocycles. The smallest absolute Gasteiger partial charge is 0.187 e. The van der Waals surface area contributed by atoms with Crippen LogP contribution in [0.1, 0.15) is 20.7 Å². The van der Waals surface area contributed by atoms with Crippen LogP contribution in [0.25, 0.3) is 0 Å². The molecule has 1 aromatic rings. The molecule has 0 aromatic heterocycles. The van der Waals surface area contributed by atoms with Gasteiger partial charge in [0.1, 0.15) is 0 Å². The summed E-state index contributed by atoms with van der Waals surface area (Å²) in [6.07, 6.45) is 6.34. The molecule has 0 heterocycles. The molecule has 0 spiro atoms. The molecule has 0 atom stereocenters. The van der Waals surface area contributed by atoms with Crippen molar-refractivity contribution in [2.75, 3.05) is 28.2 Å². The van der Waals surface area contributed by atoms with Gasteiger partial charge in [-0.1, -0.05) is 18.2 Å². The monoisotopic (exact) mass is 272 g/mol. The number of nitrogens with zero attached hydrogens (tertiary/aromatic N) is 2. The van der Waals surface area contributed by atoms with Gasteiger partial charge in [0.15, 0.2) is 11.6 Å². The van der Waals surface area contributed by atoms with Crippen molar-refractivity contribution in [1.29, 1.82) is 0 Å². The van der Waals surface area contributed by atoms with E-state index in [0.29, 0.717) is 11.1 Å². The number of hydrogen-bond acceptors (Lipinski definition) is 4. The van der Waals surface area contributed by atoms with Crippen LogP contribution in [0, 0.1) is 0 Å². The van der Waals surface area contributed by atoms with E-state index in [4.69, 9.17) is 0 Å². The lowest BCUT2D eigenvalue weighted by atomic mass is 10.0. The Bertz CT molecular complexity index is 498. The van der Waals surface area contributed by atoms with Crippen LogP contribution in [-0.2, 0) is 0 Å². The Labute approximate surface area is 120 Å². The minimum atomic E-state index is -0.120. The number of ketones is 2. The van der Waals surface area contributed by atoms with E-state index in [-0.39, 0.29) is 11.6 Å². The maximum atomic E-state index is 11.9. The Morgan fingerprint density at radius 1 is 0.850 bits per heavy atom. The molecule has 0 N–H and O–H groups in total. The highest BCUT2D eigenvalue weighted by Crippen LogP contribution is 2.08. The number of carbonyl (C=O) groups is 2. The van der Waals surface area contributed by atoms with E-state index >= 15 is 0 Å². The summed E-state index contributed by atoms with van der Waals surface area (Å²) in [6, 6.07) is 6.74. The molecule has 20 heavy (non-hydrogen) atoms. The lowest BCUT2D eigenvalue weighted by Gasteiger charge is -2.04. The van der Waals surface area contributed by atoms with E-state index in [9.17, 15) is 9.59 Å². The summed E-state index contributed by atoms with van der Waals surface area (Å²) in [5.41, 5.74) is 1.01. The van der Waals surface area contributed by atoms with Crippen molar-refractivity contribution in [3.63, 3.8) is 0 Å². The summed E-state index contributed by atoms with van der Waals surface area (Å²) < 4.78 is 0. The van der Waals surface area contributed by atoms with E-state index in [2.05, 4.69) is 0 Å². The van der Waals surface area contributed by atoms with Gasteiger partial charge in [0.05, 0.1) is 0 Å². The van der Waals surface area contributed by atoms with Crippen LogP contribution in [-0.4, -0.2) is 49.6 Å². The first-order chi connectivity index (χ1) is 9.40. The number of hydrogen-bond donors (Lipinski definition) is 0. The van der Waals surface area contributed by atoms with Crippen molar-refractivity contribution in [1.82, 2.24) is 9.80 Å². The topological polar surface area (TPSA) is 40.6 Å². The molecule has 0 amide bonds. The molecule has 1 rings (SSSR count). The second kappa shape index (κ2) is 7.28. The molecule has 0 radical (unpaired) electrons. The van der Waals surface area contributed by atoms with Gasteiger partial charge in [-0.15, -0.1) is 0 Å². The summed E-state index contributed by atoms with van der Waals surface area (Å²) in [7, 11) is 7.37. The highest BCUT2D eigenvalue weighted by atomic mass is 16.1. The summed E-state index contributed by atoms with van der Waals surface area (Å²) >= 11 is 0. The van der Waals surface area contributed by atoms with E-state index in [1.54, 1.807) is 46.5 Å². The summed E-state index contributed by atoms with van der Waals surface area (Å²) in [4.78, 5) is 27.4. The average molecular weight is 272 g/mol. The van der Waals surface area contributed by atoms with E-state index in [1.807, 2.05) is 28.2 Å². The molecule has 0 saturated carbocycles. The van der Waals surface area contributed by atoms with Gasteiger partial charge in [-0.2, -0.15) is 0 Å². The molecule has 0 saturated heterocycles. The van der Waals surface area contributed by atoms with Crippen LogP contribution in [0.3, 0.4) is 0 Å². The first kappa shape index (κ1) is 15.7. The minimum absolute atomic E-state index is 0.120. The van der Waals surface area contributed by atoms with Gasteiger partial charge in [-0.05, 0) is 6.07 Å². The Balaban J connectivity index is 2.91. The Kier molecular flexibility index (Phi) is 5.72. The second-order valence-corrected chi connectivity index (χ2v) is 4.87. The number of rotatable bonds is 6. The maximum Gasteiger partial charge on any atom is 0.187 e. The van der Waals surface area contributed by atoms with Gasteiger partial charge < -0.3 is 9.80 Å². The lowest BCUT2D eigenvalue weighted by Crippen LogP contribution is -2.05. The average Bonchev–Trinajstić information content (AvgIpc) is 2.42. The van der Waals surface area contributed by atoms with Crippen molar-refractivity contribution in [3.8, 4) is 0 Å². The minimum Gasteiger partial charge on any atom is -0.383 e. The van der Waals surface area contributed by atoms with Gasteiger partial charge in [0.2, 0.25) is 0 Å². The molecule has 1 aromatic carbocycles. The van der Waals surface area contributed by atoms with Crippen LogP contribution in [0.4, 0.5) is 0 Å². The highest BCUT2D eigenvalue weighted by Gasteiger charge is 2.06. The molecule has 0 unspecified atom stereocenters. The third kappa shape index (κ3) is 5.10. The SMILES string of the molecule is CN(C)/C=C/C(=O)c1cccc(C(=O)/C=C/N(C)C)c1. The van der Waals surface area contributed by atoms with Gasteiger partial charge >= 0.3 is 0 Å². The largest absolute Gasteiger partial charge is 0.383 e. The molecule has 0 aliphatic rings. The van der Waals surface area contributed by atoms with Crippen LogP contribution in [0.5, 0.6) is 0 Å². The zero-order chi connectivity index (χ0) is 15.1. The molecular weight excluding hydrogens is 252 g/mol. The molecule has 4 nitrogen and oxygen atoms in total. The molecule has 4 heteroatoms. The van der Waals surface area contributed by atoms with Gasteiger partial charge in [-0.3, -0.25) is 9.59 Å². The summed E-state index contributed by atoms with van der Waals surface area (Å²) in [6.45, 7) is 0. The standard InChI is InChI=1S/C16H20N2O2/c1-17(2)10-8-15(19)13-6-5-7-14(12-13)16(20)9-11-18(3)4/h5-12H,1-4H3/b10-8+,11-9+. The third-order valence-corrected chi connectivity index (χ3v) is 2.48. The van der Waals surface area contributed by atoms with Crippen molar-refractivity contribution in [3.05, 3.63) is 59.9 Å². The number of benzene rings is 1. The van der Waals surface area contributed by atoms with E-state index in [0.717, 1.165) is 0 Å². The second-order valence-electron chi connectivity index (χ2n) is 4.87. The quantitative estimate of drug-likeness (QED) is 0.588. The first-order valence-electron chi connectivity index (χ1n) is 6.28. The number of allylic oxidation sites excluding steroid dienone is 2. The third-order valence-electron chi connectivity index (χ3n) is 2.48. The van der Waals surface area contributed by atoms with Crippen LogP contribution in [0.2, 0.25) is 0 Å². The molecule has 0 aliphatic heterocycles. The fraction of sp³-hybridized carbons (Fsp3) is 0.250. The van der Waals surface area contributed by atoms with Gasteiger partial charge in [0.25, 0.3) is 0 Å². The molecule has 106 valence electrons. The van der Waals surface area contributed by atoms with Crippen molar-refractivity contribution in [2.45, 2.75) is 0 Å². The molecule has 0 bridgehead atoms. The van der Waals surface area contributed by atoms with Crippen molar-refractivity contribution < 1.29 is 9.59 Å². The number of carbonyl (C=O) groups excluding carboxylic acids is 2. The van der Waals surface area contributed by atoms with Gasteiger partial charge in [-0.25, -0.2) is 0 Å². The predicted molar refractivity (Wildman–Crippen MR) is 80.8 cm³/mol. The normalized spacial score (nSPS) is 11.0.